The zero-order valence-electron chi connectivity index (χ0n) is 16.1. The average molecular weight is 388 g/mol. The van der Waals surface area contributed by atoms with Crippen LogP contribution >= 0.6 is 0 Å². The fraction of sp³-hybridized carbons (Fsp3) is 0.208. The lowest BCUT2D eigenvalue weighted by molar-refractivity contribution is -0.123. The second kappa shape index (κ2) is 6.71. The smallest absolute Gasteiger partial charge is 0.256 e. The highest BCUT2D eigenvalue weighted by Gasteiger charge is 2.53. The zero-order chi connectivity index (χ0) is 20.0. The number of hydrogen-bond donors (Lipinski definition) is 1. The molecule has 1 unspecified atom stereocenters. The fourth-order valence-electron chi connectivity index (χ4n) is 4.56. The summed E-state index contributed by atoms with van der Waals surface area (Å²) in [6.45, 7) is 1.09. The molecule has 0 aromatic heterocycles. The molecule has 0 saturated carbocycles. The first-order valence-corrected chi connectivity index (χ1v) is 9.72. The molecular weight excluding hydrogens is 367 g/mol. The average Bonchev–Trinajstić information content (AvgIpc) is 2.98. The fourth-order valence-corrected chi connectivity index (χ4v) is 4.56. The van der Waals surface area contributed by atoms with Crippen LogP contribution in [0.3, 0.4) is 0 Å². The molecule has 1 N–H and O–H groups in total. The SMILES string of the molecule is COc1ccc2c(c1)CCNC21C(=O)N(Cc2ccc(F)cc2)c2ccccc21. The van der Waals surface area contributed by atoms with Gasteiger partial charge in [0.15, 0.2) is 5.54 Å². The molecule has 2 aliphatic heterocycles. The highest BCUT2D eigenvalue weighted by molar-refractivity contribution is 6.10. The van der Waals surface area contributed by atoms with Crippen LogP contribution in [0.2, 0.25) is 0 Å². The van der Waals surface area contributed by atoms with Crippen molar-refractivity contribution in [2.24, 2.45) is 0 Å². The minimum Gasteiger partial charge on any atom is -0.497 e. The summed E-state index contributed by atoms with van der Waals surface area (Å²) in [6.07, 6.45) is 0.835. The van der Waals surface area contributed by atoms with Gasteiger partial charge in [0.1, 0.15) is 11.6 Å². The largest absolute Gasteiger partial charge is 0.497 e. The maximum atomic E-state index is 13.9. The molecular formula is C24H21FN2O2. The zero-order valence-corrected chi connectivity index (χ0v) is 16.1. The van der Waals surface area contributed by atoms with Gasteiger partial charge in [-0.3, -0.25) is 10.1 Å². The summed E-state index contributed by atoms with van der Waals surface area (Å²) < 4.78 is 18.7. The monoisotopic (exact) mass is 388 g/mol. The number of nitrogens with zero attached hydrogens (tertiary/aromatic N) is 1. The van der Waals surface area contributed by atoms with Crippen molar-refractivity contribution in [2.75, 3.05) is 18.6 Å². The van der Waals surface area contributed by atoms with E-state index >= 15 is 0 Å². The van der Waals surface area contributed by atoms with Crippen molar-refractivity contribution in [3.8, 4) is 5.75 Å². The maximum Gasteiger partial charge on any atom is 0.256 e. The van der Waals surface area contributed by atoms with Crippen molar-refractivity contribution in [1.29, 1.82) is 0 Å². The molecule has 146 valence electrons. The lowest BCUT2D eigenvalue weighted by Crippen LogP contribution is -2.54. The van der Waals surface area contributed by atoms with Crippen molar-refractivity contribution in [1.82, 2.24) is 5.32 Å². The van der Waals surface area contributed by atoms with E-state index in [4.69, 9.17) is 4.74 Å². The van der Waals surface area contributed by atoms with Crippen molar-refractivity contribution in [2.45, 2.75) is 18.5 Å². The summed E-state index contributed by atoms with van der Waals surface area (Å²) in [5.74, 6) is 0.507. The topological polar surface area (TPSA) is 41.6 Å². The number of nitrogens with one attached hydrogen (secondary N) is 1. The molecule has 2 aliphatic rings. The Morgan fingerprint density at radius 2 is 1.86 bits per heavy atom. The van der Waals surface area contributed by atoms with Crippen LogP contribution in [0.1, 0.15) is 22.3 Å². The Kier molecular flexibility index (Phi) is 4.14. The Balaban J connectivity index is 1.64. The molecule has 29 heavy (non-hydrogen) atoms. The minimum atomic E-state index is -0.906. The van der Waals surface area contributed by atoms with Crippen LogP contribution in [0.25, 0.3) is 0 Å². The van der Waals surface area contributed by atoms with Gasteiger partial charge in [-0.2, -0.15) is 0 Å². The van der Waals surface area contributed by atoms with E-state index in [0.717, 1.165) is 40.1 Å². The molecule has 1 atom stereocenters. The van der Waals surface area contributed by atoms with E-state index < -0.39 is 5.54 Å². The van der Waals surface area contributed by atoms with Crippen molar-refractivity contribution < 1.29 is 13.9 Å². The summed E-state index contributed by atoms with van der Waals surface area (Å²) in [4.78, 5) is 15.7. The lowest BCUT2D eigenvalue weighted by Gasteiger charge is -2.36. The van der Waals surface area contributed by atoms with E-state index in [0.29, 0.717) is 13.1 Å². The number of anilines is 1. The van der Waals surface area contributed by atoms with E-state index in [-0.39, 0.29) is 11.7 Å². The van der Waals surface area contributed by atoms with Crippen molar-refractivity contribution >= 4 is 11.6 Å². The molecule has 1 amide bonds. The number of rotatable bonds is 3. The van der Waals surface area contributed by atoms with Crippen molar-refractivity contribution in [3.05, 3.63) is 94.8 Å². The molecule has 4 nitrogen and oxygen atoms in total. The number of carbonyl (C=O) groups excluding carboxylic acids is 1. The molecule has 0 saturated heterocycles. The Morgan fingerprint density at radius 3 is 2.66 bits per heavy atom. The Morgan fingerprint density at radius 1 is 1.07 bits per heavy atom. The number of methoxy groups -OCH3 is 1. The quantitative estimate of drug-likeness (QED) is 0.743. The molecule has 0 radical (unpaired) electrons. The van der Waals surface area contributed by atoms with Crippen LogP contribution < -0.4 is 15.0 Å². The first kappa shape index (κ1) is 17.9. The summed E-state index contributed by atoms with van der Waals surface area (Å²) in [7, 11) is 1.65. The number of carbonyl (C=O) groups is 1. The molecule has 0 bridgehead atoms. The van der Waals surface area contributed by atoms with E-state index in [9.17, 15) is 9.18 Å². The number of amides is 1. The number of hydrogen-bond acceptors (Lipinski definition) is 3. The molecule has 1 spiro atoms. The first-order valence-electron chi connectivity index (χ1n) is 9.72. The van der Waals surface area contributed by atoms with Gasteiger partial charge < -0.3 is 9.64 Å². The van der Waals surface area contributed by atoms with Crippen molar-refractivity contribution in [3.63, 3.8) is 0 Å². The van der Waals surface area contributed by atoms with Crippen LogP contribution in [-0.2, 0) is 23.3 Å². The highest BCUT2D eigenvalue weighted by Crippen LogP contribution is 2.47. The Bertz CT molecular complexity index is 1100. The lowest BCUT2D eigenvalue weighted by atomic mass is 9.78. The third kappa shape index (κ3) is 2.65. The molecule has 0 aliphatic carbocycles. The predicted octanol–water partition coefficient (Wildman–Crippen LogP) is 3.77. The van der Waals surface area contributed by atoms with Crippen LogP contribution in [0, 0.1) is 5.82 Å². The maximum absolute atomic E-state index is 13.9. The summed E-state index contributed by atoms with van der Waals surface area (Å²) in [5, 5.41) is 3.53. The number of fused-ring (bicyclic) bond motifs is 4. The predicted molar refractivity (Wildman–Crippen MR) is 110 cm³/mol. The van der Waals surface area contributed by atoms with Gasteiger partial charge in [-0.25, -0.2) is 4.39 Å². The third-order valence-corrected chi connectivity index (χ3v) is 5.92. The van der Waals surface area contributed by atoms with Gasteiger partial charge in [0.25, 0.3) is 5.91 Å². The van der Waals surface area contributed by atoms with Gasteiger partial charge in [-0.15, -0.1) is 0 Å². The van der Waals surface area contributed by atoms with E-state index in [1.807, 2.05) is 42.5 Å². The molecule has 5 rings (SSSR count). The second-order valence-electron chi connectivity index (χ2n) is 7.48. The number of para-hydroxylation sites is 1. The summed E-state index contributed by atoms with van der Waals surface area (Å²) in [5.41, 5.74) is 3.92. The molecule has 0 fully saturated rings. The second-order valence-corrected chi connectivity index (χ2v) is 7.48. The third-order valence-electron chi connectivity index (χ3n) is 5.92. The molecule has 3 aromatic carbocycles. The van der Waals surface area contributed by atoms with Crippen LogP contribution in [-0.4, -0.2) is 19.6 Å². The number of benzene rings is 3. The van der Waals surface area contributed by atoms with Gasteiger partial charge in [0.2, 0.25) is 0 Å². The van der Waals surface area contributed by atoms with Crippen LogP contribution in [0.4, 0.5) is 10.1 Å². The van der Waals surface area contributed by atoms with Gasteiger partial charge in [0.05, 0.1) is 19.3 Å². The number of halogens is 1. The summed E-state index contributed by atoms with van der Waals surface area (Å²) >= 11 is 0. The Labute approximate surface area is 168 Å². The normalized spacial score (nSPS) is 19.9. The van der Waals surface area contributed by atoms with E-state index in [2.05, 4.69) is 5.32 Å². The van der Waals surface area contributed by atoms with Crippen LogP contribution in [0.15, 0.2) is 66.7 Å². The standard InChI is InChI=1S/C24H21FN2O2/c1-29-19-10-11-20-17(14-19)12-13-26-24(20)21-4-2-3-5-22(21)27(23(24)28)15-16-6-8-18(25)9-7-16/h2-11,14,26H,12-13,15H2,1H3. The van der Waals surface area contributed by atoms with Gasteiger partial charge in [0, 0.05) is 12.1 Å². The molecule has 2 heterocycles. The first-order chi connectivity index (χ1) is 14.1. The number of ether oxygens (including phenoxy) is 1. The van der Waals surface area contributed by atoms with Gasteiger partial charge in [-0.05, 0) is 53.4 Å². The van der Waals surface area contributed by atoms with E-state index in [1.165, 1.54) is 12.1 Å². The van der Waals surface area contributed by atoms with Crippen LogP contribution in [0.5, 0.6) is 5.75 Å². The minimum absolute atomic E-state index is 0.00542. The Hall–Kier alpha value is -3.18. The summed E-state index contributed by atoms with van der Waals surface area (Å²) in [6, 6.07) is 20.1. The van der Waals surface area contributed by atoms with Gasteiger partial charge in [-0.1, -0.05) is 36.4 Å². The van der Waals surface area contributed by atoms with Gasteiger partial charge >= 0.3 is 0 Å². The van der Waals surface area contributed by atoms with E-state index in [1.54, 1.807) is 24.1 Å². The molecule has 3 aromatic rings. The molecule has 5 heteroatoms. The highest BCUT2D eigenvalue weighted by atomic mass is 19.1.